The number of ether oxygens (including phenoxy) is 1. The molecule has 4 rings (SSSR count). The van der Waals surface area contributed by atoms with Gasteiger partial charge in [0.25, 0.3) is 0 Å². The van der Waals surface area contributed by atoms with Gasteiger partial charge in [-0.2, -0.15) is 4.98 Å². The van der Waals surface area contributed by atoms with Crippen LogP contribution in [0.5, 0.6) is 5.88 Å². The molecule has 0 aromatic carbocycles. The molecular formula is C16H20N6O. The maximum absolute atomic E-state index is 5.74. The number of piperazine rings is 1. The summed E-state index contributed by atoms with van der Waals surface area (Å²) in [5, 5.41) is 3.33. The fourth-order valence-corrected chi connectivity index (χ4v) is 2.93. The topological polar surface area (TPSA) is 66.4 Å². The van der Waals surface area contributed by atoms with Gasteiger partial charge in [0.05, 0.1) is 0 Å². The molecule has 0 spiro atoms. The molecule has 120 valence electrons. The summed E-state index contributed by atoms with van der Waals surface area (Å²) in [6, 6.07) is 6.04. The number of fused-ring (bicyclic) bond motifs is 1. The highest BCUT2D eigenvalue weighted by Gasteiger charge is 2.21. The minimum atomic E-state index is 0.669. The Balaban J connectivity index is 1.45. The number of nitrogens with zero attached hydrogens (tertiary/aromatic N) is 5. The van der Waals surface area contributed by atoms with Gasteiger partial charge in [0.2, 0.25) is 11.8 Å². The lowest BCUT2D eigenvalue weighted by Gasteiger charge is -2.35. The summed E-state index contributed by atoms with van der Waals surface area (Å²) in [6.07, 6.45) is 3.57. The number of anilines is 2. The molecule has 1 N–H and O–H groups in total. The molecule has 0 amide bonds. The second-order valence-corrected chi connectivity index (χ2v) is 5.68. The van der Waals surface area contributed by atoms with Crippen molar-refractivity contribution < 1.29 is 4.74 Å². The van der Waals surface area contributed by atoms with Gasteiger partial charge in [0, 0.05) is 57.2 Å². The molecule has 2 aliphatic heterocycles. The third-order valence-corrected chi connectivity index (χ3v) is 4.20. The summed E-state index contributed by atoms with van der Waals surface area (Å²) in [5.41, 5.74) is 1.13. The van der Waals surface area contributed by atoms with E-state index in [1.165, 1.54) is 0 Å². The SMILES string of the molecule is c1cnc(N2CCN(c3ccc4c(n3)OCCNC4)CC2)nc1. The second kappa shape index (κ2) is 6.37. The first-order valence-corrected chi connectivity index (χ1v) is 8.00. The summed E-state index contributed by atoms with van der Waals surface area (Å²) in [7, 11) is 0. The van der Waals surface area contributed by atoms with Crippen molar-refractivity contribution in [1.29, 1.82) is 0 Å². The molecule has 7 heteroatoms. The van der Waals surface area contributed by atoms with Crippen molar-refractivity contribution in [2.45, 2.75) is 6.54 Å². The Kier molecular flexibility index (Phi) is 3.94. The third kappa shape index (κ3) is 3.05. The average Bonchev–Trinajstić information content (AvgIpc) is 2.87. The van der Waals surface area contributed by atoms with Crippen LogP contribution in [0.25, 0.3) is 0 Å². The molecule has 23 heavy (non-hydrogen) atoms. The van der Waals surface area contributed by atoms with Gasteiger partial charge in [-0.05, 0) is 18.2 Å². The van der Waals surface area contributed by atoms with E-state index in [0.29, 0.717) is 6.61 Å². The fourth-order valence-electron chi connectivity index (χ4n) is 2.93. The Hall–Kier alpha value is -2.41. The molecule has 0 unspecified atom stereocenters. The predicted molar refractivity (Wildman–Crippen MR) is 87.9 cm³/mol. The van der Waals surface area contributed by atoms with Crippen LogP contribution in [0.4, 0.5) is 11.8 Å². The highest BCUT2D eigenvalue weighted by molar-refractivity contribution is 5.46. The van der Waals surface area contributed by atoms with Gasteiger partial charge in [-0.15, -0.1) is 0 Å². The molecule has 1 saturated heterocycles. The minimum Gasteiger partial charge on any atom is -0.476 e. The van der Waals surface area contributed by atoms with Crippen LogP contribution in [0.3, 0.4) is 0 Å². The summed E-state index contributed by atoms with van der Waals surface area (Å²) >= 11 is 0. The van der Waals surface area contributed by atoms with Gasteiger partial charge in [-0.3, -0.25) is 0 Å². The summed E-state index contributed by atoms with van der Waals surface area (Å²) in [6.45, 7) is 5.95. The first-order chi connectivity index (χ1) is 11.4. The van der Waals surface area contributed by atoms with Gasteiger partial charge in [0.15, 0.2) is 0 Å². The lowest BCUT2D eigenvalue weighted by Crippen LogP contribution is -2.47. The van der Waals surface area contributed by atoms with Gasteiger partial charge < -0.3 is 19.9 Å². The first-order valence-electron chi connectivity index (χ1n) is 8.00. The molecule has 2 aromatic rings. The molecule has 1 fully saturated rings. The smallest absolute Gasteiger partial charge is 0.225 e. The van der Waals surface area contributed by atoms with Crippen molar-refractivity contribution in [2.24, 2.45) is 0 Å². The van der Waals surface area contributed by atoms with Crippen LogP contribution in [0, 0.1) is 0 Å². The molecule has 0 saturated carbocycles. The van der Waals surface area contributed by atoms with Crippen molar-refractivity contribution in [3.05, 3.63) is 36.2 Å². The maximum atomic E-state index is 5.74. The van der Waals surface area contributed by atoms with Gasteiger partial charge in [0.1, 0.15) is 12.4 Å². The lowest BCUT2D eigenvalue weighted by molar-refractivity contribution is 0.314. The van der Waals surface area contributed by atoms with E-state index >= 15 is 0 Å². The Labute approximate surface area is 135 Å². The quantitative estimate of drug-likeness (QED) is 0.874. The summed E-state index contributed by atoms with van der Waals surface area (Å²) in [4.78, 5) is 17.9. The number of nitrogens with one attached hydrogen (secondary N) is 1. The standard InChI is InChI=1S/C16H20N6O/c1-4-18-16(19-5-1)22-9-7-21(8-10-22)14-3-2-13-12-17-6-11-23-15(13)20-14/h1-5,17H,6-12H2. The van der Waals surface area contributed by atoms with Crippen LogP contribution < -0.4 is 19.9 Å². The van der Waals surface area contributed by atoms with E-state index in [-0.39, 0.29) is 0 Å². The monoisotopic (exact) mass is 312 g/mol. The molecule has 2 aliphatic rings. The van der Waals surface area contributed by atoms with Crippen molar-refractivity contribution in [2.75, 3.05) is 49.1 Å². The van der Waals surface area contributed by atoms with Crippen LogP contribution in [0.2, 0.25) is 0 Å². The fraction of sp³-hybridized carbons (Fsp3) is 0.438. The predicted octanol–water partition coefficient (Wildman–Crippen LogP) is 0.680. The minimum absolute atomic E-state index is 0.669. The molecule has 0 atom stereocenters. The van der Waals surface area contributed by atoms with Crippen LogP contribution in [-0.4, -0.2) is 54.3 Å². The van der Waals surface area contributed by atoms with Crippen molar-refractivity contribution in [1.82, 2.24) is 20.3 Å². The molecule has 7 nitrogen and oxygen atoms in total. The molecular weight excluding hydrogens is 292 g/mol. The molecule has 2 aromatic heterocycles. The third-order valence-electron chi connectivity index (χ3n) is 4.20. The van der Waals surface area contributed by atoms with Crippen molar-refractivity contribution in [3.8, 4) is 5.88 Å². The van der Waals surface area contributed by atoms with Gasteiger partial charge >= 0.3 is 0 Å². The zero-order chi connectivity index (χ0) is 15.5. The van der Waals surface area contributed by atoms with Crippen molar-refractivity contribution in [3.63, 3.8) is 0 Å². The first kappa shape index (κ1) is 14.2. The molecule has 4 heterocycles. The lowest BCUT2D eigenvalue weighted by atomic mass is 10.2. The van der Waals surface area contributed by atoms with Crippen LogP contribution in [0.15, 0.2) is 30.6 Å². The highest BCUT2D eigenvalue weighted by Crippen LogP contribution is 2.23. The van der Waals surface area contributed by atoms with Crippen molar-refractivity contribution >= 4 is 11.8 Å². The Morgan fingerprint density at radius 3 is 2.61 bits per heavy atom. The Bertz CT molecular complexity index is 657. The van der Waals surface area contributed by atoms with Crippen LogP contribution in [0.1, 0.15) is 5.56 Å². The second-order valence-electron chi connectivity index (χ2n) is 5.68. The van der Waals surface area contributed by atoms with Gasteiger partial charge in [-0.1, -0.05) is 0 Å². The Morgan fingerprint density at radius 1 is 1.00 bits per heavy atom. The normalized spacial score (nSPS) is 18.1. The number of hydrogen-bond acceptors (Lipinski definition) is 7. The highest BCUT2D eigenvalue weighted by atomic mass is 16.5. The number of rotatable bonds is 2. The van der Waals surface area contributed by atoms with E-state index in [0.717, 1.165) is 62.5 Å². The van der Waals surface area contributed by atoms with E-state index in [1.807, 2.05) is 6.07 Å². The van der Waals surface area contributed by atoms with Gasteiger partial charge in [-0.25, -0.2) is 9.97 Å². The molecule has 0 radical (unpaired) electrons. The zero-order valence-electron chi connectivity index (χ0n) is 13.0. The van der Waals surface area contributed by atoms with E-state index < -0.39 is 0 Å². The Morgan fingerprint density at radius 2 is 1.78 bits per heavy atom. The van der Waals surface area contributed by atoms with Crippen LogP contribution in [-0.2, 0) is 6.54 Å². The molecule has 0 bridgehead atoms. The maximum Gasteiger partial charge on any atom is 0.225 e. The van der Waals surface area contributed by atoms with E-state index in [4.69, 9.17) is 9.72 Å². The van der Waals surface area contributed by atoms with E-state index in [9.17, 15) is 0 Å². The van der Waals surface area contributed by atoms with Crippen LogP contribution >= 0.6 is 0 Å². The number of pyridine rings is 1. The number of hydrogen-bond donors (Lipinski definition) is 1. The summed E-state index contributed by atoms with van der Waals surface area (Å²) < 4.78 is 5.74. The van der Waals surface area contributed by atoms with E-state index in [1.54, 1.807) is 12.4 Å². The largest absolute Gasteiger partial charge is 0.476 e. The average molecular weight is 312 g/mol. The number of aromatic nitrogens is 3. The summed E-state index contributed by atoms with van der Waals surface area (Å²) in [5.74, 6) is 2.55. The zero-order valence-corrected chi connectivity index (χ0v) is 13.0. The van der Waals surface area contributed by atoms with E-state index in [2.05, 4.69) is 37.2 Å². The molecule has 0 aliphatic carbocycles.